The van der Waals surface area contributed by atoms with Gasteiger partial charge in [0.2, 0.25) is 0 Å². The van der Waals surface area contributed by atoms with E-state index in [4.69, 9.17) is 5.11 Å². The second kappa shape index (κ2) is 2.48. The number of carboxylic acid groups (broad SMARTS) is 1. The van der Waals surface area contributed by atoms with Crippen LogP contribution in [0.15, 0.2) is 36.4 Å². The fourth-order valence-corrected chi connectivity index (χ4v) is 1.24. The Morgan fingerprint density at radius 3 is 2.42 bits per heavy atom. The standard InChI is InChI=1S/C10H8O2/c11-10(12)9-6-8(9)7-4-2-1-3-5-7/h1-6,9H,(H,11,12). The van der Waals surface area contributed by atoms with Crippen LogP contribution in [0, 0.1) is 5.92 Å². The number of aliphatic carboxylic acids is 1. The Balaban J connectivity index is 2.16. The first-order valence-electron chi connectivity index (χ1n) is 3.79. The van der Waals surface area contributed by atoms with E-state index in [0.717, 1.165) is 11.1 Å². The highest BCUT2D eigenvalue weighted by molar-refractivity contribution is 5.99. The van der Waals surface area contributed by atoms with Gasteiger partial charge in [-0.25, -0.2) is 0 Å². The molecule has 0 amide bonds. The molecule has 0 aromatic heterocycles. The first kappa shape index (κ1) is 7.10. The summed E-state index contributed by atoms with van der Waals surface area (Å²) >= 11 is 0. The zero-order valence-corrected chi connectivity index (χ0v) is 6.40. The minimum atomic E-state index is -0.756. The van der Waals surface area contributed by atoms with E-state index in [1.165, 1.54) is 0 Å². The Labute approximate surface area is 70.2 Å². The average Bonchev–Trinajstić information content (AvgIpc) is 2.84. The monoisotopic (exact) mass is 160 g/mol. The van der Waals surface area contributed by atoms with E-state index >= 15 is 0 Å². The van der Waals surface area contributed by atoms with E-state index in [2.05, 4.69) is 0 Å². The molecule has 12 heavy (non-hydrogen) atoms. The highest BCUT2D eigenvalue weighted by Crippen LogP contribution is 2.37. The van der Waals surface area contributed by atoms with E-state index in [1.807, 2.05) is 30.3 Å². The van der Waals surface area contributed by atoms with Crippen LogP contribution in [0.1, 0.15) is 5.56 Å². The number of carboxylic acids is 1. The molecule has 1 aliphatic carbocycles. The van der Waals surface area contributed by atoms with Crippen LogP contribution < -0.4 is 0 Å². The zero-order valence-electron chi connectivity index (χ0n) is 6.40. The van der Waals surface area contributed by atoms with E-state index < -0.39 is 5.97 Å². The van der Waals surface area contributed by atoms with E-state index in [9.17, 15) is 4.79 Å². The molecule has 1 aliphatic rings. The summed E-state index contributed by atoms with van der Waals surface area (Å²) in [5.41, 5.74) is 1.95. The van der Waals surface area contributed by atoms with Crippen LogP contribution >= 0.6 is 0 Å². The summed E-state index contributed by atoms with van der Waals surface area (Å²) in [4.78, 5) is 10.5. The van der Waals surface area contributed by atoms with Crippen molar-refractivity contribution >= 4 is 11.5 Å². The molecule has 1 aromatic carbocycles. The summed E-state index contributed by atoms with van der Waals surface area (Å²) < 4.78 is 0. The third kappa shape index (κ3) is 1.11. The maximum atomic E-state index is 10.5. The maximum Gasteiger partial charge on any atom is 0.314 e. The van der Waals surface area contributed by atoms with Gasteiger partial charge in [-0.15, -0.1) is 0 Å². The molecule has 1 atom stereocenters. The molecule has 0 spiro atoms. The van der Waals surface area contributed by atoms with Crippen molar-refractivity contribution in [2.24, 2.45) is 5.92 Å². The van der Waals surface area contributed by atoms with Gasteiger partial charge >= 0.3 is 5.97 Å². The average molecular weight is 160 g/mol. The van der Waals surface area contributed by atoms with Gasteiger partial charge in [0.05, 0.1) is 0 Å². The summed E-state index contributed by atoms with van der Waals surface area (Å²) in [5, 5.41) is 8.63. The van der Waals surface area contributed by atoms with Crippen molar-refractivity contribution in [3.63, 3.8) is 0 Å². The summed E-state index contributed by atoms with van der Waals surface area (Å²) in [6.07, 6.45) is 1.76. The molecule has 0 saturated carbocycles. The molecule has 0 aliphatic heterocycles. The second-order valence-corrected chi connectivity index (χ2v) is 2.80. The molecule has 2 heteroatoms. The lowest BCUT2D eigenvalue weighted by Crippen LogP contribution is -1.99. The fourth-order valence-electron chi connectivity index (χ4n) is 1.24. The first-order chi connectivity index (χ1) is 5.79. The van der Waals surface area contributed by atoms with Gasteiger partial charge in [-0.2, -0.15) is 0 Å². The zero-order chi connectivity index (χ0) is 8.55. The quantitative estimate of drug-likeness (QED) is 0.716. The third-order valence-corrected chi connectivity index (χ3v) is 1.95. The summed E-state index contributed by atoms with van der Waals surface area (Å²) in [6, 6.07) is 9.59. The van der Waals surface area contributed by atoms with Crippen LogP contribution in [0.4, 0.5) is 0 Å². The third-order valence-electron chi connectivity index (χ3n) is 1.95. The molecule has 2 nitrogen and oxygen atoms in total. The van der Waals surface area contributed by atoms with Gasteiger partial charge in [0.1, 0.15) is 5.92 Å². The van der Waals surface area contributed by atoms with Gasteiger partial charge in [0.25, 0.3) is 0 Å². The molecule has 0 bridgehead atoms. The summed E-state index contributed by atoms with van der Waals surface area (Å²) in [7, 11) is 0. The Morgan fingerprint density at radius 1 is 1.25 bits per heavy atom. The van der Waals surface area contributed by atoms with Crippen LogP contribution in [-0.4, -0.2) is 11.1 Å². The molecular formula is C10H8O2. The first-order valence-corrected chi connectivity index (χ1v) is 3.79. The molecule has 0 saturated heterocycles. The van der Waals surface area contributed by atoms with E-state index in [1.54, 1.807) is 6.08 Å². The van der Waals surface area contributed by atoms with Crippen molar-refractivity contribution < 1.29 is 9.90 Å². The minimum Gasteiger partial charge on any atom is -0.481 e. The Bertz CT molecular complexity index is 338. The van der Waals surface area contributed by atoms with Crippen molar-refractivity contribution in [1.82, 2.24) is 0 Å². The second-order valence-electron chi connectivity index (χ2n) is 2.80. The molecular weight excluding hydrogens is 152 g/mol. The molecule has 0 fully saturated rings. The number of rotatable bonds is 2. The lowest BCUT2D eigenvalue weighted by molar-refractivity contribution is -0.137. The highest BCUT2D eigenvalue weighted by atomic mass is 16.4. The summed E-state index contributed by atoms with van der Waals surface area (Å²) in [5.74, 6) is -1.10. The van der Waals surface area contributed by atoms with Crippen molar-refractivity contribution in [2.75, 3.05) is 0 Å². The maximum absolute atomic E-state index is 10.5. The summed E-state index contributed by atoms with van der Waals surface area (Å²) in [6.45, 7) is 0. The van der Waals surface area contributed by atoms with Crippen molar-refractivity contribution in [2.45, 2.75) is 0 Å². The minimum absolute atomic E-state index is 0.340. The number of carbonyl (C=O) groups is 1. The molecule has 1 unspecified atom stereocenters. The normalized spacial score (nSPS) is 20.0. The fraction of sp³-hybridized carbons (Fsp3) is 0.100. The van der Waals surface area contributed by atoms with Crippen molar-refractivity contribution in [1.29, 1.82) is 0 Å². The van der Waals surface area contributed by atoms with E-state index in [0.29, 0.717) is 0 Å². The van der Waals surface area contributed by atoms with Gasteiger partial charge in [-0.05, 0) is 11.1 Å². The van der Waals surface area contributed by atoms with Gasteiger partial charge in [0, 0.05) is 0 Å². The lowest BCUT2D eigenvalue weighted by atomic mass is 10.1. The van der Waals surface area contributed by atoms with Gasteiger partial charge in [-0.3, -0.25) is 4.79 Å². The largest absolute Gasteiger partial charge is 0.481 e. The van der Waals surface area contributed by atoms with Crippen LogP contribution in [0.2, 0.25) is 0 Å². The lowest BCUT2D eigenvalue weighted by Gasteiger charge is -1.94. The molecule has 1 N–H and O–H groups in total. The van der Waals surface area contributed by atoms with Crippen LogP contribution in [0.25, 0.3) is 5.57 Å². The van der Waals surface area contributed by atoms with Crippen molar-refractivity contribution in [3.05, 3.63) is 42.0 Å². The predicted octanol–water partition coefficient (Wildman–Crippen LogP) is 1.78. The molecule has 60 valence electrons. The van der Waals surface area contributed by atoms with Crippen LogP contribution in [0.5, 0.6) is 0 Å². The number of hydrogen-bond acceptors (Lipinski definition) is 1. The Morgan fingerprint density at radius 2 is 1.92 bits per heavy atom. The SMILES string of the molecule is O=C(O)C1C=C1c1ccccc1. The van der Waals surface area contributed by atoms with Crippen LogP contribution in [0.3, 0.4) is 0 Å². The molecule has 0 heterocycles. The van der Waals surface area contributed by atoms with Gasteiger partial charge in [-0.1, -0.05) is 36.4 Å². The Kier molecular flexibility index (Phi) is 1.47. The molecule has 0 radical (unpaired) electrons. The predicted molar refractivity (Wildman–Crippen MR) is 45.5 cm³/mol. The number of hydrogen-bond donors (Lipinski definition) is 1. The molecule has 2 rings (SSSR count). The Hall–Kier alpha value is -1.57. The van der Waals surface area contributed by atoms with Crippen molar-refractivity contribution in [3.8, 4) is 0 Å². The van der Waals surface area contributed by atoms with Gasteiger partial charge in [0.15, 0.2) is 0 Å². The highest BCUT2D eigenvalue weighted by Gasteiger charge is 2.32. The number of benzene rings is 1. The molecule has 1 aromatic rings. The smallest absolute Gasteiger partial charge is 0.314 e. The topological polar surface area (TPSA) is 37.3 Å². The van der Waals surface area contributed by atoms with E-state index in [-0.39, 0.29) is 5.92 Å². The van der Waals surface area contributed by atoms with Gasteiger partial charge < -0.3 is 5.11 Å². The van der Waals surface area contributed by atoms with Crippen LogP contribution in [-0.2, 0) is 4.79 Å².